The Morgan fingerprint density at radius 1 is 1.18 bits per heavy atom. The lowest BCUT2D eigenvalue weighted by Gasteiger charge is -2.12. The van der Waals surface area contributed by atoms with E-state index < -0.39 is 11.9 Å². The fourth-order valence-corrected chi connectivity index (χ4v) is 2.20. The summed E-state index contributed by atoms with van der Waals surface area (Å²) in [6.45, 7) is 0. The van der Waals surface area contributed by atoms with Gasteiger partial charge >= 0.3 is 5.97 Å². The van der Waals surface area contributed by atoms with E-state index in [-0.39, 0.29) is 23.5 Å². The number of amides is 1. The molecule has 0 unspecified atom stereocenters. The van der Waals surface area contributed by atoms with Gasteiger partial charge in [-0.1, -0.05) is 12.1 Å². The fraction of sp³-hybridized carbons (Fsp3) is 0.125. The monoisotopic (exact) mass is 301 g/mol. The van der Waals surface area contributed by atoms with E-state index in [1.807, 2.05) is 0 Å². The number of esters is 1. The molecule has 0 aromatic heterocycles. The van der Waals surface area contributed by atoms with Gasteiger partial charge in [0.2, 0.25) is 5.91 Å². The van der Waals surface area contributed by atoms with E-state index in [4.69, 9.17) is 5.73 Å². The summed E-state index contributed by atoms with van der Waals surface area (Å²) in [4.78, 5) is 22.8. The van der Waals surface area contributed by atoms with Crippen LogP contribution < -0.4 is 5.73 Å². The molecule has 6 heteroatoms. The number of primary amides is 1. The van der Waals surface area contributed by atoms with E-state index in [0.29, 0.717) is 16.7 Å². The highest BCUT2D eigenvalue weighted by molar-refractivity contribution is 5.94. The van der Waals surface area contributed by atoms with Crippen molar-refractivity contribution in [1.82, 2.24) is 0 Å². The molecule has 2 aromatic carbocycles. The molecule has 0 fully saturated rings. The number of rotatable bonds is 4. The molecule has 0 aliphatic heterocycles. The predicted octanol–water partition coefficient (Wildman–Crippen LogP) is 1.58. The highest BCUT2D eigenvalue weighted by Crippen LogP contribution is 2.36. The van der Waals surface area contributed by atoms with E-state index in [0.717, 1.165) is 6.07 Å². The molecule has 2 rings (SSSR count). The van der Waals surface area contributed by atoms with E-state index in [1.165, 1.54) is 19.2 Å². The van der Waals surface area contributed by atoms with Gasteiger partial charge in [0.05, 0.1) is 13.5 Å². The van der Waals surface area contributed by atoms with Gasteiger partial charge in [0.1, 0.15) is 11.5 Å². The van der Waals surface area contributed by atoms with Crippen molar-refractivity contribution in [2.75, 3.05) is 7.11 Å². The van der Waals surface area contributed by atoms with Crippen LogP contribution >= 0.6 is 0 Å². The number of benzene rings is 2. The van der Waals surface area contributed by atoms with E-state index in [9.17, 15) is 19.8 Å². The van der Waals surface area contributed by atoms with Crippen molar-refractivity contribution in [3.8, 4) is 22.6 Å². The van der Waals surface area contributed by atoms with Crippen molar-refractivity contribution in [2.24, 2.45) is 5.73 Å². The van der Waals surface area contributed by atoms with E-state index in [2.05, 4.69) is 4.74 Å². The summed E-state index contributed by atoms with van der Waals surface area (Å²) in [5.41, 5.74) is 6.75. The second-order valence-corrected chi connectivity index (χ2v) is 4.70. The molecule has 0 heterocycles. The Morgan fingerprint density at radius 3 is 2.55 bits per heavy atom. The summed E-state index contributed by atoms with van der Waals surface area (Å²) in [6.07, 6.45) is -0.130. The number of hydrogen-bond donors (Lipinski definition) is 3. The molecule has 0 saturated heterocycles. The first-order valence-corrected chi connectivity index (χ1v) is 6.44. The lowest BCUT2D eigenvalue weighted by Crippen LogP contribution is -2.11. The zero-order valence-corrected chi connectivity index (χ0v) is 11.9. The Hall–Kier alpha value is -3.02. The number of nitrogens with two attached hydrogens (primary N) is 1. The van der Waals surface area contributed by atoms with Crippen LogP contribution in [-0.4, -0.2) is 29.2 Å². The van der Waals surface area contributed by atoms with Crippen molar-refractivity contribution in [1.29, 1.82) is 0 Å². The summed E-state index contributed by atoms with van der Waals surface area (Å²) in [5.74, 6) is -1.50. The molecule has 4 N–H and O–H groups in total. The maximum absolute atomic E-state index is 11.5. The number of ether oxygens (including phenoxy) is 1. The smallest absolute Gasteiger partial charge is 0.310 e. The summed E-state index contributed by atoms with van der Waals surface area (Å²) < 4.78 is 4.61. The number of aromatic hydroxyl groups is 2. The molecular formula is C16H15NO5. The predicted molar refractivity (Wildman–Crippen MR) is 79.4 cm³/mol. The number of carbonyl (C=O) groups is 2. The van der Waals surface area contributed by atoms with Crippen LogP contribution in [0.2, 0.25) is 0 Å². The number of methoxy groups -OCH3 is 1. The van der Waals surface area contributed by atoms with Crippen molar-refractivity contribution in [3.05, 3.63) is 47.5 Å². The summed E-state index contributed by atoms with van der Waals surface area (Å²) in [6, 6.07) is 8.86. The quantitative estimate of drug-likeness (QED) is 0.743. The van der Waals surface area contributed by atoms with Crippen molar-refractivity contribution in [3.63, 3.8) is 0 Å². The average Bonchev–Trinajstić information content (AvgIpc) is 2.46. The van der Waals surface area contributed by atoms with Gasteiger partial charge in [-0.3, -0.25) is 9.59 Å². The van der Waals surface area contributed by atoms with Crippen LogP contribution in [0.15, 0.2) is 36.4 Å². The molecule has 0 aliphatic rings. The SMILES string of the molecule is COC(=O)Cc1cc(O)cc(O)c1-c1cccc(C(N)=O)c1. The third-order valence-electron chi connectivity index (χ3n) is 3.18. The average molecular weight is 301 g/mol. The first-order chi connectivity index (χ1) is 10.4. The molecule has 0 bridgehead atoms. The number of phenols is 2. The zero-order chi connectivity index (χ0) is 16.3. The Kier molecular flexibility index (Phi) is 4.31. The Labute approximate surface area is 126 Å². The maximum atomic E-state index is 11.5. The van der Waals surface area contributed by atoms with Gasteiger partial charge in [0, 0.05) is 17.2 Å². The summed E-state index contributed by atoms with van der Waals surface area (Å²) >= 11 is 0. The minimum Gasteiger partial charge on any atom is -0.508 e. The number of hydrogen-bond acceptors (Lipinski definition) is 5. The van der Waals surface area contributed by atoms with Crippen molar-refractivity contribution in [2.45, 2.75) is 6.42 Å². The van der Waals surface area contributed by atoms with Crippen LogP contribution in [0.3, 0.4) is 0 Å². The topological polar surface area (TPSA) is 110 Å². The van der Waals surface area contributed by atoms with Gasteiger partial charge < -0.3 is 20.7 Å². The van der Waals surface area contributed by atoms with Gasteiger partial charge in [0.15, 0.2) is 0 Å². The van der Waals surface area contributed by atoms with Crippen molar-refractivity contribution < 1.29 is 24.5 Å². The molecule has 22 heavy (non-hydrogen) atoms. The fourth-order valence-electron chi connectivity index (χ4n) is 2.20. The first kappa shape index (κ1) is 15.4. The molecular weight excluding hydrogens is 286 g/mol. The molecule has 0 aliphatic carbocycles. The molecule has 6 nitrogen and oxygen atoms in total. The second-order valence-electron chi connectivity index (χ2n) is 4.70. The maximum Gasteiger partial charge on any atom is 0.310 e. The molecule has 2 aromatic rings. The molecule has 0 atom stereocenters. The molecule has 1 amide bonds. The second kappa shape index (κ2) is 6.17. The van der Waals surface area contributed by atoms with Crippen LogP contribution in [-0.2, 0) is 16.0 Å². The van der Waals surface area contributed by atoms with Gasteiger partial charge in [-0.05, 0) is 29.3 Å². The van der Waals surface area contributed by atoms with Gasteiger partial charge in [-0.15, -0.1) is 0 Å². The third kappa shape index (κ3) is 3.17. The minimum atomic E-state index is -0.602. The molecule has 114 valence electrons. The summed E-state index contributed by atoms with van der Waals surface area (Å²) in [7, 11) is 1.25. The Morgan fingerprint density at radius 2 is 1.91 bits per heavy atom. The summed E-state index contributed by atoms with van der Waals surface area (Å²) in [5, 5.41) is 19.7. The van der Waals surface area contributed by atoms with Crippen LogP contribution in [0.4, 0.5) is 0 Å². The molecule has 0 spiro atoms. The van der Waals surface area contributed by atoms with Gasteiger partial charge in [-0.2, -0.15) is 0 Å². The first-order valence-electron chi connectivity index (χ1n) is 6.44. The number of phenolic OH excluding ortho intramolecular Hbond substituents is 2. The van der Waals surface area contributed by atoms with E-state index in [1.54, 1.807) is 18.2 Å². The lowest BCUT2D eigenvalue weighted by atomic mass is 9.95. The Bertz CT molecular complexity index is 739. The highest BCUT2D eigenvalue weighted by Gasteiger charge is 2.16. The molecule has 0 saturated carbocycles. The van der Waals surface area contributed by atoms with Crippen LogP contribution in [0.5, 0.6) is 11.5 Å². The highest BCUT2D eigenvalue weighted by atomic mass is 16.5. The van der Waals surface area contributed by atoms with Crippen molar-refractivity contribution >= 4 is 11.9 Å². The van der Waals surface area contributed by atoms with Gasteiger partial charge in [0.25, 0.3) is 0 Å². The van der Waals surface area contributed by atoms with Crippen LogP contribution in [0.25, 0.3) is 11.1 Å². The lowest BCUT2D eigenvalue weighted by molar-refractivity contribution is -0.139. The third-order valence-corrected chi connectivity index (χ3v) is 3.18. The van der Waals surface area contributed by atoms with Crippen LogP contribution in [0, 0.1) is 0 Å². The largest absolute Gasteiger partial charge is 0.508 e. The normalized spacial score (nSPS) is 10.2. The molecule has 0 radical (unpaired) electrons. The standard InChI is InChI=1S/C16H15NO5/c1-22-14(20)7-11-6-12(18)8-13(19)15(11)9-3-2-4-10(5-9)16(17)21/h2-6,8,18-19H,7H2,1H3,(H2,17,21). The van der Waals surface area contributed by atoms with E-state index >= 15 is 0 Å². The van der Waals surface area contributed by atoms with Crippen LogP contribution in [0.1, 0.15) is 15.9 Å². The number of carbonyl (C=O) groups excluding carboxylic acids is 2. The minimum absolute atomic E-state index is 0.130. The Balaban J connectivity index is 2.60. The van der Waals surface area contributed by atoms with Gasteiger partial charge in [-0.25, -0.2) is 0 Å². The zero-order valence-electron chi connectivity index (χ0n) is 11.9.